The lowest BCUT2D eigenvalue weighted by Crippen LogP contribution is -2.49. The van der Waals surface area contributed by atoms with Crippen molar-refractivity contribution >= 4 is 19.2 Å². The van der Waals surface area contributed by atoms with Gasteiger partial charge in [0.1, 0.15) is 8.07 Å². The summed E-state index contributed by atoms with van der Waals surface area (Å²) in [4.78, 5) is 10.7. The number of hydrogen-bond donors (Lipinski definition) is 0. The Hall–Kier alpha value is -1.70. The van der Waals surface area contributed by atoms with Crippen molar-refractivity contribution in [2.45, 2.75) is 26.4 Å². The fourth-order valence-corrected chi connectivity index (χ4v) is 4.36. The molecule has 0 radical (unpaired) electrons. The molecule has 122 valence electrons. The van der Waals surface area contributed by atoms with E-state index in [4.69, 9.17) is 4.74 Å². The minimum Gasteiger partial charge on any atom is -0.466 e. The third kappa shape index (κ3) is 3.37. The number of ether oxygens (including phenoxy) is 1. The molecule has 0 aliphatic heterocycles. The van der Waals surface area contributed by atoms with E-state index in [1.54, 1.807) is 0 Å². The third-order valence-electron chi connectivity index (χ3n) is 3.43. The highest BCUT2D eigenvalue weighted by Crippen LogP contribution is 2.24. The lowest BCUT2D eigenvalue weighted by Gasteiger charge is -2.27. The topological polar surface area (TPSA) is 26.3 Å². The van der Waals surface area contributed by atoms with Crippen molar-refractivity contribution in [1.82, 2.24) is 0 Å². The predicted molar refractivity (Wildman–Crippen MR) is 73.7 cm³/mol. The summed E-state index contributed by atoms with van der Waals surface area (Å²) in [7, 11) is -3.21. The summed E-state index contributed by atoms with van der Waals surface area (Å²) >= 11 is 0. The van der Waals surface area contributed by atoms with Crippen molar-refractivity contribution in [3.05, 3.63) is 40.9 Å². The second-order valence-electron chi connectivity index (χ2n) is 5.26. The Kier molecular flexibility index (Phi) is 5.50. The van der Waals surface area contributed by atoms with Crippen LogP contribution in [0.15, 0.2) is 11.8 Å². The van der Waals surface area contributed by atoms with Crippen molar-refractivity contribution in [2.24, 2.45) is 0 Å². The molecule has 0 bridgehead atoms. The zero-order chi connectivity index (χ0) is 17.2. The Balaban J connectivity index is 3.23. The number of esters is 1. The molecular weight excluding hydrogens is 323 g/mol. The van der Waals surface area contributed by atoms with Crippen molar-refractivity contribution in [2.75, 3.05) is 6.61 Å². The fourth-order valence-electron chi connectivity index (χ4n) is 1.96. The molecule has 1 aromatic carbocycles. The van der Waals surface area contributed by atoms with Gasteiger partial charge in [-0.3, -0.25) is 4.79 Å². The number of carbonyl (C=O) groups is 1. The lowest BCUT2D eigenvalue weighted by atomic mass is 10.3. The summed E-state index contributed by atoms with van der Waals surface area (Å²) in [5.74, 6) is -10.3. The first-order valence-corrected chi connectivity index (χ1v) is 9.35. The summed E-state index contributed by atoms with van der Waals surface area (Å²) in [5, 5.41) is -0.520. The van der Waals surface area contributed by atoms with E-state index in [0.29, 0.717) is 5.20 Å². The molecule has 2 nitrogen and oxygen atoms in total. The molecule has 0 fully saturated rings. The maximum absolute atomic E-state index is 13.9. The fraction of sp³-hybridized carbons (Fsp3) is 0.357. The van der Waals surface area contributed by atoms with Gasteiger partial charge in [-0.1, -0.05) is 18.3 Å². The monoisotopic (exact) mass is 338 g/mol. The first-order valence-electron chi connectivity index (χ1n) is 6.35. The van der Waals surface area contributed by atoms with Gasteiger partial charge in [-0.25, -0.2) is 22.0 Å². The van der Waals surface area contributed by atoms with Crippen LogP contribution in [0.4, 0.5) is 22.0 Å². The standard InChI is InChI=1S/C14H15F5O2Si/c1-7(5-6-21-8(2)20)22(3,4)14-12(18)10(16)9(15)11(17)13(14)19/h1,5-6H2,2-4H3. The highest BCUT2D eigenvalue weighted by Gasteiger charge is 2.38. The molecule has 1 rings (SSSR count). The van der Waals surface area contributed by atoms with E-state index in [-0.39, 0.29) is 13.0 Å². The van der Waals surface area contributed by atoms with Gasteiger partial charge < -0.3 is 4.74 Å². The molecule has 1 aromatic rings. The molecule has 8 heteroatoms. The van der Waals surface area contributed by atoms with E-state index in [2.05, 4.69) is 6.58 Å². The van der Waals surface area contributed by atoms with Crippen LogP contribution >= 0.6 is 0 Å². The molecule has 0 aliphatic rings. The van der Waals surface area contributed by atoms with Crippen LogP contribution in [0, 0.1) is 29.1 Å². The van der Waals surface area contributed by atoms with E-state index >= 15 is 0 Å². The van der Waals surface area contributed by atoms with Crippen LogP contribution in [-0.2, 0) is 9.53 Å². The molecule has 0 saturated heterocycles. The lowest BCUT2D eigenvalue weighted by molar-refractivity contribution is -0.140. The van der Waals surface area contributed by atoms with Gasteiger partial charge in [-0.2, -0.15) is 0 Å². The molecule has 0 spiro atoms. The minimum absolute atomic E-state index is 0.0695. The van der Waals surface area contributed by atoms with Crippen LogP contribution in [0.1, 0.15) is 13.3 Å². The Bertz CT molecular complexity index is 599. The van der Waals surface area contributed by atoms with Crippen LogP contribution < -0.4 is 5.19 Å². The van der Waals surface area contributed by atoms with Gasteiger partial charge in [0, 0.05) is 12.1 Å². The van der Waals surface area contributed by atoms with Crippen molar-refractivity contribution in [1.29, 1.82) is 0 Å². The number of rotatable bonds is 5. The average molecular weight is 338 g/mol. The Morgan fingerprint density at radius 3 is 1.82 bits per heavy atom. The van der Waals surface area contributed by atoms with Crippen molar-refractivity contribution in [3.63, 3.8) is 0 Å². The van der Waals surface area contributed by atoms with Gasteiger partial charge in [-0.05, 0) is 6.42 Å². The zero-order valence-corrected chi connectivity index (χ0v) is 13.3. The first kappa shape index (κ1) is 18.3. The summed E-state index contributed by atoms with van der Waals surface area (Å²) in [6, 6.07) is 0. The van der Waals surface area contributed by atoms with Gasteiger partial charge in [0.15, 0.2) is 23.3 Å². The van der Waals surface area contributed by atoms with E-state index in [9.17, 15) is 26.7 Å². The quantitative estimate of drug-likeness (QED) is 0.271. The molecule has 0 aromatic heterocycles. The Morgan fingerprint density at radius 2 is 1.41 bits per heavy atom. The SMILES string of the molecule is C=C(CCOC(C)=O)[Si](C)(C)c1c(F)c(F)c(F)c(F)c1F. The van der Waals surface area contributed by atoms with Crippen LogP contribution in [0.3, 0.4) is 0 Å². The number of benzene rings is 1. The molecule has 0 saturated carbocycles. The number of hydrogen-bond acceptors (Lipinski definition) is 2. The summed E-state index contributed by atoms with van der Waals surface area (Å²) in [5.41, 5.74) is 0. The zero-order valence-electron chi connectivity index (χ0n) is 12.3. The van der Waals surface area contributed by atoms with Crippen LogP contribution in [-0.4, -0.2) is 20.7 Å². The molecule has 0 amide bonds. The van der Waals surface area contributed by atoms with Crippen LogP contribution in [0.25, 0.3) is 0 Å². The highest BCUT2D eigenvalue weighted by molar-refractivity contribution is 6.95. The second kappa shape index (κ2) is 6.60. The van der Waals surface area contributed by atoms with E-state index < -0.39 is 48.3 Å². The predicted octanol–water partition coefficient (Wildman–Crippen LogP) is 3.35. The second-order valence-corrected chi connectivity index (χ2v) is 9.72. The Labute approximate surface area is 125 Å². The summed E-state index contributed by atoms with van der Waals surface area (Å²) in [6.45, 7) is 7.62. The number of carbonyl (C=O) groups excluding carboxylic acids is 1. The third-order valence-corrected chi connectivity index (χ3v) is 7.13. The molecule has 0 aliphatic carbocycles. The summed E-state index contributed by atoms with van der Waals surface area (Å²) in [6.07, 6.45) is 0.0816. The normalized spacial score (nSPS) is 11.5. The Morgan fingerprint density at radius 1 is 1.00 bits per heavy atom. The van der Waals surface area contributed by atoms with Gasteiger partial charge in [0.25, 0.3) is 0 Å². The van der Waals surface area contributed by atoms with Gasteiger partial charge in [-0.15, -0.1) is 6.58 Å². The van der Waals surface area contributed by atoms with Crippen molar-refractivity contribution < 1.29 is 31.5 Å². The van der Waals surface area contributed by atoms with E-state index in [0.717, 1.165) is 0 Å². The largest absolute Gasteiger partial charge is 0.466 e. The molecular formula is C14H15F5O2Si. The highest BCUT2D eigenvalue weighted by atomic mass is 28.3. The minimum atomic E-state index is -3.21. The molecule has 0 unspecified atom stereocenters. The van der Waals surface area contributed by atoms with Crippen molar-refractivity contribution in [3.8, 4) is 0 Å². The van der Waals surface area contributed by atoms with Gasteiger partial charge in [0.05, 0.1) is 6.61 Å². The first-order chi connectivity index (χ1) is 10.0. The maximum Gasteiger partial charge on any atom is 0.302 e. The maximum atomic E-state index is 13.9. The molecule has 22 heavy (non-hydrogen) atoms. The average Bonchev–Trinajstić information content (AvgIpc) is 2.42. The smallest absolute Gasteiger partial charge is 0.302 e. The molecule has 0 heterocycles. The van der Waals surface area contributed by atoms with Crippen LogP contribution in [0.5, 0.6) is 0 Å². The van der Waals surface area contributed by atoms with Gasteiger partial charge >= 0.3 is 5.97 Å². The van der Waals surface area contributed by atoms with Crippen LogP contribution in [0.2, 0.25) is 13.1 Å². The molecule has 0 N–H and O–H groups in total. The van der Waals surface area contributed by atoms with Gasteiger partial charge in [0.2, 0.25) is 5.82 Å². The number of halogens is 5. The summed E-state index contributed by atoms with van der Waals surface area (Å²) < 4.78 is 72.2. The van der Waals surface area contributed by atoms with E-state index in [1.165, 1.54) is 20.0 Å². The van der Waals surface area contributed by atoms with E-state index in [1.807, 2.05) is 0 Å². The molecule has 0 atom stereocenters.